The lowest BCUT2D eigenvalue weighted by molar-refractivity contribution is 0.221. The van der Waals surface area contributed by atoms with E-state index in [9.17, 15) is 0 Å². The molecule has 2 aromatic heterocycles. The maximum atomic E-state index is 6.23. The van der Waals surface area contributed by atoms with Crippen LogP contribution in [-0.2, 0) is 13.3 Å². The van der Waals surface area contributed by atoms with E-state index in [2.05, 4.69) is 20.8 Å². The third kappa shape index (κ3) is 5.92. The van der Waals surface area contributed by atoms with Crippen molar-refractivity contribution < 1.29 is 4.74 Å². The van der Waals surface area contributed by atoms with Crippen LogP contribution in [0.1, 0.15) is 5.56 Å². The van der Waals surface area contributed by atoms with Crippen LogP contribution >= 0.6 is 47.0 Å². The molecule has 2 aromatic carbocycles. The van der Waals surface area contributed by atoms with Gasteiger partial charge in [0.25, 0.3) is 0 Å². The molecule has 2 N–H and O–H groups in total. The lowest BCUT2D eigenvalue weighted by Crippen LogP contribution is -2.19. The molecule has 164 valence electrons. The molecule has 0 fully saturated rings. The van der Waals surface area contributed by atoms with Gasteiger partial charge in [0.15, 0.2) is 17.7 Å². The van der Waals surface area contributed by atoms with Gasteiger partial charge in [-0.1, -0.05) is 46.9 Å². The molecular formula is C21H17Cl3N6OS. The number of rotatable bonds is 7. The Bertz CT molecular complexity index is 1220. The van der Waals surface area contributed by atoms with E-state index in [1.807, 2.05) is 18.3 Å². The molecule has 0 saturated carbocycles. The van der Waals surface area contributed by atoms with Gasteiger partial charge in [-0.3, -0.25) is 4.68 Å². The quantitative estimate of drug-likeness (QED) is 0.302. The highest BCUT2D eigenvalue weighted by atomic mass is 35.5. The van der Waals surface area contributed by atoms with Crippen molar-refractivity contribution in [2.24, 2.45) is 0 Å². The van der Waals surface area contributed by atoms with Gasteiger partial charge in [-0.2, -0.15) is 10.2 Å². The third-order valence-corrected chi connectivity index (χ3v) is 5.46. The van der Waals surface area contributed by atoms with E-state index in [-0.39, 0.29) is 6.73 Å². The molecule has 0 spiro atoms. The van der Waals surface area contributed by atoms with E-state index in [0.717, 1.165) is 5.56 Å². The minimum Gasteiger partial charge on any atom is -0.471 e. The van der Waals surface area contributed by atoms with Crippen molar-refractivity contribution in [1.82, 2.24) is 19.6 Å². The topological polar surface area (TPSA) is 68.9 Å². The molecular weight excluding hydrogens is 491 g/mol. The zero-order valence-electron chi connectivity index (χ0n) is 16.5. The summed E-state index contributed by atoms with van der Waals surface area (Å²) in [5.41, 5.74) is 1.51. The van der Waals surface area contributed by atoms with Gasteiger partial charge in [0.05, 0.1) is 24.6 Å². The molecule has 11 heteroatoms. The van der Waals surface area contributed by atoms with Gasteiger partial charge < -0.3 is 15.4 Å². The number of nitrogens with one attached hydrogen (secondary N) is 2. The maximum Gasteiger partial charge on any atom is 0.180 e. The van der Waals surface area contributed by atoms with E-state index in [0.29, 0.717) is 44.0 Å². The van der Waals surface area contributed by atoms with Crippen molar-refractivity contribution in [1.29, 1.82) is 0 Å². The second-order valence-electron chi connectivity index (χ2n) is 6.68. The molecule has 0 saturated heterocycles. The molecule has 0 aliphatic carbocycles. The summed E-state index contributed by atoms with van der Waals surface area (Å²) in [7, 11) is 0. The van der Waals surface area contributed by atoms with Crippen LogP contribution < -0.4 is 15.4 Å². The molecule has 4 rings (SSSR count). The zero-order valence-corrected chi connectivity index (χ0v) is 19.6. The summed E-state index contributed by atoms with van der Waals surface area (Å²) in [5.74, 6) is 1.25. The molecule has 0 bridgehead atoms. The number of halogens is 3. The van der Waals surface area contributed by atoms with Crippen LogP contribution in [0.15, 0.2) is 67.1 Å². The summed E-state index contributed by atoms with van der Waals surface area (Å²) in [4.78, 5) is 0. The van der Waals surface area contributed by atoms with Crippen LogP contribution in [-0.4, -0.2) is 24.7 Å². The highest BCUT2D eigenvalue weighted by Gasteiger charge is 2.09. The molecule has 0 aliphatic rings. The van der Waals surface area contributed by atoms with Gasteiger partial charge in [-0.25, -0.2) is 4.68 Å². The largest absolute Gasteiger partial charge is 0.471 e. The summed E-state index contributed by atoms with van der Waals surface area (Å²) >= 11 is 23.8. The number of anilines is 2. The Kier molecular flexibility index (Phi) is 7.16. The fourth-order valence-electron chi connectivity index (χ4n) is 2.84. The number of hydrogen-bond donors (Lipinski definition) is 2. The van der Waals surface area contributed by atoms with Crippen LogP contribution in [0.2, 0.25) is 15.1 Å². The summed E-state index contributed by atoms with van der Waals surface area (Å²) in [6, 6.07) is 14.4. The van der Waals surface area contributed by atoms with Gasteiger partial charge in [-0.15, -0.1) is 0 Å². The maximum absolute atomic E-state index is 6.23. The number of hydrogen-bond acceptors (Lipinski definition) is 4. The van der Waals surface area contributed by atoms with E-state index in [1.165, 1.54) is 0 Å². The smallest absolute Gasteiger partial charge is 0.180 e. The third-order valence-electron chi connectivity index (χ3n) is 4.31. The molecule has 7 nitrogen and oxygen atoms in total. The van der Waals surface area contributed by atoms with Gasteiger partial charge in [0, 0.05) is 32.9 Å². The molecule has 32 heavy (non-hydrogen) atoms. The van der Waals surface area contributed by atoms with Crippen molar-refractivity contribution in [2.45, 2.75) is 13.3 Å². The van der Waals surface area contributed by atoms with E-state index in [1.54, 1.807) is 58.2 Å². The fraction of sp³-hybridized carbons (Fsp3) is 0.0952. The van der Waals surface area contributed by atoms with E-state index >= 15 is 0 Å². The molecule has 0 amide bonds. The van der Waals surface area contributed by atoms with Crippen molar-refractivity contribution in [3.63, 3.8) is 0 Å². The van der Waals surface area contributed by atoms with Gasteiger partial charge in [0.1, 0.15) is 5.75 Å². The lowest BCUT2D eigenvalue weighted by Gasteiger charge is -2.08. The normalized spacial score (nSPS) is 10.7. The highest BCUT2D eigenvalue weighted by Crippen LogP contribution is 2.25. The monoisotopic (exact) mass is 506 g/mol. The van der Waals surface area contributed by atoms with Crippen molar-refractivity contribution in [3.05, 3.63) is 87.8 Å². The van der Waals surface area contributed by atoms with Crippen LogP contribution in [0, 0.1) is 0 Å². The van der Waals surface area contributed by atoms with Crippen LogP contribution in [0.3, 0.4) is 0 Å². The number of aromatic nitrogens is 4. The minimum absolute atomic E-state index is 0.233. The van der Waals surface area contributed by atoms with E-state index < -0.39 is 0 Å². The fourth-order valence-corrected chi connectivity index (χ4v) is 3.76. The minimum atomic E-state index is 0.233. The number of nitrogens with zero attached hydrogens (tertiary/aromatic N) is 4. The number of thiocarbonyl (C=S) groups is 1. The van der Waals surface area contributed by atoms with Crippen molar-refractivity contribution in [3.8, 4) is 5.75 Å². The first kappa shape index (κ1) is 22.4. The summed E-state index contributed by atoms with van der Waals surface area (Å²) in [6.07, 6.45) is 5.24. The summed E-state index contributed by atoms with van der Waals surface area (Å²) in [5, 5.41) is 17.0. The molecule has 2 heterocycles. The Balaban J connectivity index is 1.30. The van der Waals surface area contributed by atoms with Crippen LogP contribution in [0.5, 0.6) is 5.75 Å². The first-order valence-corrected chi connectivity index (χ1v) is 11.0. The van der Waals surface area contributed by atoms with E-state index in [4.69, 9.17) is 51.8 Å². The predicted molar refractivity (Wildman–Crippen MR) is 132 cm³/mol. The predicted octanol–water partition coefficient (Wildman–Crippen LogP) is 5.93. The average molecular weight is 508 g/mol. The molecule has 0 unspecified atom stereocenters. The van der Waals surface area contributed by atoms with Crippen LogP contribution in [0.25, 0.3) is 0 Å². The first-order chi connectivity index (χ1) is 15.5. The van der Waals surface area contributed by atoms with Crippen molar-refractivity contribution in [2.75, 3.05) is 10.6 Å². The van der Waals surface area contributed by atoms with Crippen molar-refractivity contribution >= 4 is 63.6 Å². The average Bonchev–Trinajstić information content (AvgIpc) is 3.38. The summed E-state index contributed by atoms with van der Waals surface area (Å²) < 4.78 is 9.02. The highest BCUT2D eigenvalue weighted by molar-refractivity contribution is 7.80. The Morgan fingerprint density at radius 1 is 1.00 bits per heavy atom. The van der Waals surface area contributed by atoms with Crippen LogP contribution in [0.4, 0.5) is 11.5 Å². The lowest BCUT2D eigenvalue weighted by atomic mass is 10.2. The first-order valence-electron chi connectivity index (χ1n) is 9.41. The Labute approximate surface area is 204 Å². The molecule has 0 aliphatic heterocycles. The SMILES string of the molecule is S=C(Nc1cnn(COc2cccc(Cl)c2)c1)Nc1ccn(Cc2c(Cl)cccc2Cl)n1. The number of benzene rings is 2. The van der Waals surface area contributed by atoms with Gasteiger partial charge >= 0.3 is 0 Å². The second kappa shape index (κ2) is 10.2. The molecule has 0 atom stereocenters. The Morgan fingerprint density at radius 3 is 2.56 bits per heavy atom. The summed E-state index contributed by atoms with van der Waals surface area (Å²) in [6.45, 7) is 0.678. The second-order valence-corrected chi connectivity index (χ2v) is 8.34. The Morgan fingerprint density at radius 2 is 1.78 bits per heavy atom. The van der Waals surface area contributed by atoms with Gasteiger partial charge in [-0.05, 0) is 42.5 Å². The zero-order chi connectivity index (χ0) is 22.5. The van der Waals surface area contributed by atoms with Gasteiger partial charge in [0.2, 0.25) is 0 Å². The molecule has 0 radical (unpaired) electrons. The Hall–Kier alpha value is -2.78. The molecule has 4 aromatic rings. The standard InChI is InChI=1S/C21H17Cl3N6OS/c22-14-3-1-4-16(9-14)31-13-30-11-15(10-25-30)26-21(32)27-20-7-8-29(28-20)12-17-18(23)5-2-6-19(17)24/h1-11H,12-13H2,(H2,26,27,28,32). The number of ether oxygens (including phenoxy) is 1.